The molecule has 14 heavy (non-hydrogen) atoms. The van der Waals surface area contributed by atoms with Gasteiger partial charge >= 0.3 is 5.97 Å². The first kappa shape index (κ1) is 8.94. The van der Waals surface area contributed by atoms with Crippen LogP contribution in [-0.4, -0.2) is 17.9 Å². The molecule has 1 aromatic rings. The Morgan fingerprint density at radius 3 is 2.64 bits per heavy atom. The summed E-state index contributed by atoms with van der Waals surface area (Å²) in [6.45, 7) is 1.92. The zero-order valence-electron chi connectivity index (χ0n) is 7.93. The van der Waals surface area contributed by atoms with Crippen LogP contribution in [0.1, 0.15) is 18.9 Å². The largest absolute Gasteiger partial charge is 0.406 e. The van der Waals surface area contributed by atoms with Gasteiger partial charge in [0.2, 0.25) is 5.90 Å². The lowest BCUT2D eigenvalue weighted by molar-refractivity contribution is -0.134. The minimum absolute atomic E-state index is 0.244. The predicted octanol–water partition coefficient (Wildman–Crippen LogP) is 1.77. The monoisotopic (exact) mass is 189 g/mol. The van der Waals surface area contributed by atoms with E-state index in [-0.39, 0.29) is 12.0 Å². The number of carbonyl (C=O) groups excluding carboxylic acids is 1. The van der Waals surface area contributed by atoms with Crippen LogP contribution in [0.4, 0.5) is 0 Å². The zero-order valence-corrected chi connectivity index (χ0v) is 7.93. The summed E-state index contributed by atoms with van der Waals surface area (Å²) in [6, 6.07) is 9.15. The van der Waals surface area contributed by atoms with Gasteiger partial charge in [-0.15, -0.1) is 0 Å². The Kier molecular flexibility index (Phi) is 2.31. The van der Waals surface area contributed by atoms with Crippen molar-refractivity contribution < 1.29 is 9.53 Å². The molecule has 1 unspecified atom stereocenters. The molecule has 2 rings (SSSR count). The van der Waals surface area contributed by atoms with Gasteiger partial charge in [0.05, 0.1) is 0 Å². The summed E-state index contributed by atoms with van der Waals surface area (Å²) in [5.74, 6) is 0.203. The summed E-state index contributed by atoms with van der Waals surface area (Å²) in [6.07, 6.45) is 0.690. The van der Waals surface area contributed by atoms with Crippen LogP contribution >= 0.6 is 0 Å². The summed E-state index contributed by atoms with van der Waals surface area (Å²) < 4.78 is 5.06. The highest BCUT2D eigenvalue weighted by atomic mass is 16.6. The van der Waals surface area contributed by atoms with Crippen LogP contribution in [0, 0.1) is 0 Å². The van der Waals surface area contributed by atoms with Crippen molar-refractivity contribution in [2.75, 3.05) is 0 Å². The van der Waals surface area contributed by atoms with Gasteiger partial charge in [0.1, 0.15) is 0 Å². The molecule has 0 aliphatic carbocycles. The van der Waals surface area contributed by atoms with Crippen LogP contribution in [0.15, 0.2) is 35.3 Å². The second kappa shape index (κ2) is 3.62. The van der Waals surface area contributed by atoms with Crippen molar-refractivity contribution in [1.82, 2.24) is 0 Å². The number of carbonyl (C=O) groups is 1. The molecule has 0 aromatic heterocycles. The van der Waals surface area contributed by atoms with Crippen molar-refractivity contribution in [3.05, 3.63) is 35.9 Å². The fourth-order valence-electron chi connectivity index (χ4n) is 1.36. The number of aliphatic imine (C=N–C) groups is 1. The summed E-state index contributed by atoms with van der Waals surface area (Å²) in [4.78, 5) is 15.5. The predicted molar refractivity (Wildman–Crippen MR) is 53.2 cm³/mol. The molecular formula is C11H11NO2. The third kappa shape index (κ3) is 1.53. The molecular weight excluding hydrogens is 178 g/mol. The lowest BCUT2D eigenvalue weighted by atomic mass is 10.2. The van der Waals surface area contributed by atoms with Crippen LogP contribution < -0.4 is 0 Å². The number of ether oxygens (including phenoxy) is 1. The van der Waals surface area contributed by atoms with Crippen LogP contribution in [0.25, 0.3) is 0 Å². The molecule has 0 N–H and O–H groups in total. The number of esters is 1. The van der Waals surface area contributed by atoms with E-state index in [1.165, 1.54) is 0 Å². The van der Waals surface area contributed by atoms with Crippen LogP contribution in [0.3, 0.4) is 0 Å². The quantitative estimate of drug-likeness (QED) is 0.665. The fraction of sp³-hybridized carbons (Fsp3) is 0.273. The van der Waals surface area contributed by atoms with E-state index in [9.17, 15) is 4.79 Å². The van der Waals surface area contributed by atoms with Gasteiger partial charge in [-0.3, -0.25) is 0 Å². The Morgan fingerprint density at radius 2 is 2.07 bits per heavy atom. The zero-order chi connectivity index (χ0) is 9.97. The number of hydrogen-bond donors (Lipinski definition) is 0. The summed E-state index contributed by atoms with van der Waals surface area (Å²) in [5.41, 5.74) is 0.858. The van der Waals surface area contributed by atoms with Crippen LogP contribution in [0.5, 0.6) is 0 Å². The van der Waals surface area contributed by atoms with E-state index in [4.69, 9.17) is 4.74 Å². The summed E-state index contributed by atoms with van der Waals surface area (Å²) in [5, 5.41) is 0. The average Bonchev–Trinajstić information content (AvgIpc) is 2.61. The molecule has 0 fully saturated rings. The maximum atomic E-state index is 11.3. The number of rotatable bonds is 2. The highest BCUT2D eigenvalue weighted by Gasteiger charge is 2.27. The molecule has 1 heterocycles. The number of hydrogen-bond acceptors (Lipinski definition) is 3. The first-order valence-corrected chi connectivity index (χ1v) is 4.66. The third-order valence-electron chi connectivity index (χ3n) is 2.15. The molecule has 3 nitrogen and oxygen atoms in total. The van der Waals surface area contributed by atoms with E-state index in [2.05, 4.69) is 4.99 Å². The molecule has 0 saturated carbocycles. The minimum Gasteiger partial charge on any atom is -0.406 e. The molecule has 0 bridgehead atoms. The summed E-state index contributed by atoms with van der Waals surface area (Å²) >= 11 is 0. The highest BCUT2D eigenvalue weighted by molar-refractivity contribution is 6.06. The van der Waals surface area contributed by atoms with Gasteiger partial charge in [-0.1, -0.05) is 25.1 Å². The Morgan fingerprint density at radius 1 is 1.36 bits per heavy atom. The Balaban J connectivity index is 2.26. The number of nitrogens with zero attached hydrogens (tertiary/aromatic N) is 1. The van der Waals surface area contributed by atoms with Crippen LogP contribution in [-0.2, 0) is 9.53 Å². The molecule has 3 heteroatoms. The third-order valence-corrected chi connectivity index (χ3v) is 2.15. The molecule has 0 amide bonds. The van der Waals surface area contributed by atoms with Gasteiger partial charge in [0.25, 0.3) is 0 Å². The van der Waals surface area contributed by atoms with Crippen LogP contribution in [0.2, 0.25) is 0 Å². The van der Waals surface area contributed by atoms with Gasteiger partial charge in [-0.25, -0.2) is 9.79 Å². The van der Waals surface area contributed by atoms with Crippen molar-refractivity contribution >= 4 is 11.9 Å². The first-order chi connectivity index (χ1) is 6.81. The fourth-order valence-corrected chi connectivity index (χ4v) is 1.36. The van der Waals surface area contributed by atoms with Crippen molar-refractivity contribution in [3.63, 3.8) is 0 Å². The normalized spacial score (nSPS) is 20.5. The molecule has 1 aromatic carbocycles. The maximum Gasteiger partial charge on any atom is 0.337 e. The molecule has 1 aliphatic heterocycles. The Hall–Kier alpha value is -1.64. The molecule has 1 aliphatic rings. The summed E-state index contributed by atoms with van der Waals surface area (Å²) in [7, 11) is 0. The smallest absolute Gasteiger partial charge is 0.337 e. The lowest BCUT2D eigenvalue weighted by Gasteiger charge is -1.97. The second-order valence-electron chi connectivity index (χ2n) is 3.15. The Labute approximate surface area is 82.4 Å². The van der Waals surface area contributed by atoms with Gasteiger partial charge in [-0.05, 0) is 18.6 Å². The van der Waals surface area contributed by atoms with E-state index in [0.29, 0.717) is 12.3 Å². The van der Waals surface area contributed by atoms with Gasteiger partial charge < -0.3 is 4.74 Å². The minimum atomic E-state index is -0.315. The standard InChI is InChI=1S/C11H11NO2/c1-2-9-11(13)14-10(12-9)8-6-4-3-5-7-8/h3-7,9H,2H2,1H3. The van der Waals surface area contributed by atoms with E-state index >= 15 is 0 Å². The van der Waals surface area contributed by atoms with Gasteiger partial charge in [0.15, 0.2) is 6.04 Å². The van der Waals surface area contributed by atoms with E-state index in [1.807, 2.05) is 37.3 Å². The van der Waals surface area contributed by atoms with Crippen molar-refractivity contribution in [1.29, 1.82) is 0 Å². The molecule has 72 valence electrons. The number of benzene rings is 1. The highest BCUT2D eigenvalue weighted by Crippen LogP contribution is 2.14. The van der Waals surface area contributed by atoms with Crippen molar-refractivity contribution in [2.24, 2.45) is 4.99 Å². The first-order valence-electron chi connectivity index (χ1n) is 4.66. The molecule has 0 spiro atoms. The molecule has 0 radical (unpaired) electrons. The van der Waals surface area contributed by atoms with E-state index in [0.717, 1.165) is 5.56 Å². The molecule has 1 atom stereocenters. The van der Waals surface area contributed by atoms with Gasteiger partial charge in [-0.2, -0.15) is 0 Å². The molecule has 0 saturated heterocycles. The van der Waals surface area contributed by atoms with Crippen molar-refractivity contribution in [3.8, 4) is 0 Å². The SMILES string of the molecule is CCC1N=C(c2ccccc2)OC1=O. The van der Waals surface area contributed by atoms with E-state index < -0.39 is 0 Å². The second-order valence-corrected chi connectivity index (χ2v) is 3.15. The Bertz CT molecular complexity index is 370. The maximum absolute atomic E-state index is 11.3. The average molecular weight is 189 g/mol. The van der Waals surface area contributed by atoms with Crippen molar-refractivity contribution in [2.45, 2.75) is 19.4 Å². The topological polar surface area (TPSA) is 38.7 Å². The van der Waals surface area contributed by atoms with Gasteiger partial charge in [0, 0.05) is 5.56 Å². The lowest BCUT2D eigenvalue weighted by Crippen LogP contribution is -2.13. The van der Waals surface area contributed by atoms with E-state index in [1.54, 1.807) is 0 Å². The number of cyclic esters (lactones) is 1.